The molecule has 98 valence electrons. The van der Waals surface area contributed by atoms with E-state index in [1.165, 1.54) is 0 Å². The Morgan fingerprint density at radius 1 is 1.28 bits per heavy atom. The Kier molecular flexibility index (Phi) is 3.99. The summed E-state index contributed by atoms with van der Waals surface area (Å²) in [5, 5.41) is 11.7. The number of benzene rings is 1. The molecule has 18 heavy (non-hydrogen) atoms. The van der Waals surface area contributed by atoms with Crippen LogP contribution in [0.15, 0.2) is 24.3 Å². The van der Waals surface area contributed by atoms with Gasteiger partial charge in [0.1, 0.15) is 0 Å². The molecule has 0 saturated heterocycles. The van der Waals surface area contributed by atoms with Crippen molar-refractivity contribution in [3.8, 4) is 0 Å². The molecule has 0 bridgehead atoms. The number of rotatable bonds is 4. The van der Waals surface area contributed by atoms with E-state index in [0.717, 1.165) is 36.9 Å². The Bertz CT molecular complexity index is 408. The van der Waals surface area contributed by atoms with E-state index in [9.17, 15) is 4.79 Å². The van der Waals surface area contributed by atoms with Gasteiger partial charge in [0.2, 0.25) is 5.91 Å². The van der Waals surface area contributed by atoms with E-state index in [-0.39, 0.29) is 12.5 Å². The zero-order valence-electron chi connectivity index (χ0n) is 10.5. The molecule has 1 aromatic rings. The summed E-state index contributed by atoms with van der Waals surface area (Å²) in [5.41, 5.74) is 7.21. The summed E-state index contributed by atoms with van der Waals surface area (Å²) in [6, 6.07) is 7.51. The number of hydrogen-bond donors (Lipinski definition) is 3. The van der Waals surface area contributed by atoms with Crippen molar-refractivity contribution in [3.05, 3.63) is 29.8 Å². The minimum Gasteiger partial charge on any atom is -0.396 e. The first kappa shape index (κ1) is 13.1. The van der Waals surface area contributed by atoms with Crippen molar-refractivity contribution in [1.29, 1.82) is 0 Å². The third-order valence-electron chi connectivity index (χ3n) is 3.56. The lowest BCUT2D eigenvalue weighted by Gasteiger charge is -2.22. The molecule has 0 radical (unpaired) electrons. The van der Waals surface area contributed by atoms with Crippen LogP contribution in [-0.2, 0) is 11.2 Å². The van der Waals surface area contributed by atoms with E-state index in [4.69, 9.17) is 10.8 Å². The molecule has 1 fully saturated rings. The van der Waals surface area contributed by atoms with Crippen molar-refractivity contribution >= 4 is 11.6 Å². The topological polar surface area (TPSA) is 75.4 Å². The summed E-state index contributed by atoms with van der Waals surface area (Å²) in [6.45, 7) is 0.137. The molecular weight excluding hydrogens is 228 g/mol. The summed E-state index contributed by atoms with van der Waals surface area (Å²) in [7, 11) is 0. The fourth-order valence-corrected chi connectivity index (χ4v) is 2.37. The van der Waals surface area contributed by atoms with Crippen molar-refractivity contribution < 1.29 is 9.90 Å². The van der Waals surface area contributed by atoms with Gasteiger partial charge in [0, 0.05) is 12.3 Å². The Hall–Kier alpha value is -1.39. The molecule has 0 unspecified atom stereocenters. The molecule has 0 aromatic heterocycles. The van der Waals surface area contributed by atoms with Crippen LogP contribution in [0.3, 0.4) is 0 Å². The van der Waals surface area contributed by atoms with Crippen LogP contribution in [0.1, 0.15) is 31.2 Å². The lowest BCUT2D eigenvalue weighted by Crippen LogP contribution is -2.48. The van der Waals surface area contributed by atoms with Crippen molar-refractivity contribution in [2.75, 3.05) is 11.9 Å². The molecule has 4 heteroatoms. The maximum atomic E-state index is 12.1. The highest BCUT2D eigenvalue weighted by atomic mass is 16.2. The first-order chi connectivity index (χ1) is 8.64. The third-order valence-corrected chi connectivity index (χ3v) is 3.56. The number of carbonyl (C=O) groups excluding carboxylic acids is 1. The van der Waals surface area contributed by atoms with Gasteiger partial charge >= 0.3 is 0 Å². The predicted octanol–water partition coefficient (Wildman–Crippen LogP) is 1.43. The molecule has 1 saturated carbocycles. The molecule has 0 aliphatic heterocycles. The SMILES string of the molecule is NC1(C(=O)Nc2ccc(CCO)cc2)CCCC1. The zero-order valence-corrected chi connectivity index (χ0v) is 10.5. The Balaban J connectivity index is 1.98. The average Bonchev–Trinajstić information content (AvgIpc) is 2.80. The second kappa shape index (κ2) is 5.50. The Labute approximate surface area is 107 Å². The molecule has 1 aliphatic rings. The summed E-state index contributed by atoms with van der Waals surface area (Å²) in [6.07, 6.45) is 4.22. The van der Waals surface area contributed by atoms with Crippen molar-refractivity contribution in [2.24, 2.45) is 5.73 Å². The first-order valence-corrected chi connectivity index (χ1v) is 6.44. The lowest BCUT2D eigenvalue weighted by molar-refractivity contribution is -0.121. The van der Waals surface area contributed by atoms with Crippen LogP contribution in [-0.4, -0.2) is 23.2 Å². The number of carbonyl (C=O) groups is 1. The van der Waals surface area contributed by atoms with Gasteiger partial charge in [-0.3, -0.25) is 4.79 Å². The highest BCUT2D eigenvalue weighted by Crippen LogP contribution is 2.28. The largest absolute Gasteiger partial charge is 0.396 e. The minimum atomic E-state index is -0.691. The molecule has 4 N–H and O–H groups in total. The number of anilines is 1. The summed E-state index contributed by atoms with van der Waals surface area (Å²) < 4.78 is 0. The number of nitrogens with two attached hydrogens (primary N) is 1. The van der Waals surface area contributed by atoms with E-state index in [0.29, 0.717) is 6.42 Å². The van der Waals surface area contributed by atoms with E-state index in [2.05, 4.69) is 5.32 Å². The molecule has 4 nitrogen and oxygen atoms in total. The van der Waals surface area contributed by atoms with Crippen LogP contribution in [0.25, 0.3) is 0 Å². The normalized spacial score (nSPS) is 17.7. The van der Waals surface area contributed by atoms with Crippen LogP contribution >= 0.6 is 0 Å². The minimum absolute atomic E-state index is 0.0880. The van der Waals surface area contributed by atoms with Crippen molar-refractivity contribution in [2.45, 2.75) is 37.6 Å². The van der Waals surface area contributed by atoms with Crippen LogP contribution in [0.5, 0.6) is 0 Å². The van der Waals surface area contributed by atoms with Crippen LogP contribution in [0.4, 0.5) is 5.69 Å². The van der Waals surface area contributed by atoms with E-state index in [1.807, 2.05) is 24.3 Å². The molecule has 0 spiro atoms. The first-order valence-electron chi connectivity index (χ1n) is 6.44. The van der Waals surface area contributed by atoms with Gasteiger partial charge in [-0.2, -0.15) is 0 Å². The summed E-state index contributed by atoms with van der Waals surface area (Å²) in [4.78, 5) is 12.1. The van der Waals surface area contributed by atoms with Crippen LogP contribution in [0.2, 0.25) is 0 Å². The van der Waals surface area contributed by atoms with Crippen LogP contribution in [0, 0.1) is 0 Å². The van der Waals surface area contributed by atoms with Gasteiger partial charge in [0.15, 0.2) is 0 Å². The van der Waals surface area contributed by atoms with E-state index < -0.39 is 5.54 Å². The fourth-order valence-electron chi connectivity index (χ4n) is 2.37. The molecule has 0 atom stereocenters. The standard InChI is InChI=1S/C14H20N2O2/c15-14(8-1-2-9-14)13(18)16-12-5-3-11(4-6-12)7-10-17/h3-6,17H,1-2,7-10,15H2,(H,16,18). The van der Waals surface area contributed by atoms with Crippen molar-refractivity contribution in [1.82, 2.24) is 0 Å². The maximum Gasteiger partial charge on any atom is 0.244 e. The fraction of sp³-hybridized carbons (Fsp3) is 0.500. The number of hydrogen-bond acceptors (Lipinski definition) is 3. The third kappa shape index (κ3) is 2.89. The molecule has 1 amide bonds. The number of aliphatic hydroxyl groups is 1. The molecular formula is C14H20N2O2. The molecule has 1 aliphatic carbocycles. The predicted molar refractivity (Wildman–Crippen MR) is 71.2 cm³/mol. The Morgan fingerprint density at radius 2 is 1.89 bits per heavy atom. The second-order valence-corrected chi connectivity index (χ2v) is 4.99. The molecule has 1 aromatic carbocycles. The molecule has 2 rings (SSSR count). The maximum absolute atomic E-state index is 12.1. The van der Waals surface area contributed by atoms with Gasteiger partial charge in [-0.05, 0) is 37.0 Å². The summed E-state index contributed by atoms with van der Waals surface area (Å²) >= 11 is 0. The summed E-state index contributed by atoms with van der Waals surface area (Å²) in [5.74, 6) is -0.0880. The number of aliphatic hydroxyl groups excluding tert-OH is 1. The molecule has 0 heterocycles. The van der Waals surface area contributed by atoms with E-state index in [1.54, 1.807) is 0 Å². The van der Waals surface area contributed by atoms with Crippen LogP contribution < -0.4 is 11.1 Å². The Morgan fingerprint density at radius 3 is 2.44 bits per heavy atom. The quantitative estimate of drug-likeness (QED) is 0.754. The number of amides is 1. The highest BCUT2D eigenvalue weighted by Gasteiger charge is 2.36. The second-order valence-electron chi connectivity index (χ2n) is 4.99. The highest BCUT2D eigenvalue weighted by molar-refractivity contribution is 5.98. The van der Waals surface area contributed by atoms with Crippen molar-refractivity contribution in [3.63, 3.8) is 0 Å². The average molecular weight is 248 g/mol. The monoisotopic (exact) mass is 248 g/mol. The van der Waals surface area contributed by atoms with Gasteiger partial charge in [-0.15, -0.1) is 0 Å². The lowest BCUT2D eigenvalue weighted by atomic mass is 9.98. The smallest absolute Gasteiger partial charge is 0.244 e. The van der Waals surface area contributed by atoms with E-state index >= 15 is 0 Å². The van der Waals surface area contributed by atoms with Gasteiger partial charge in [-0.25, -0.2) is 0 Å². The number of nitrogens with one attached hydrogen (secondary N) is 1. The van der Waals surface area contributed by atoms with Gasteiger partial charge in [0.25, 0.3) is 0 Å². The van der Waals surface area contributed by atoms with Gasteiger partial charge in [-0.1, -0.05) is 25.0 Å². The van der Waals surface area contributed by atoms with Gasteiger partial charge in [0.05, 0.1) is 5.54 Å². The van der Waals surface area contributed by atoms with Gasteiger partial charge < -0.3 is 16.2 Å². The zero-order chi connectivity index (χ0) is 13.0.